The highest BCUT2D eigenvalue weighted by molar-refractivity contribution is 5.74. The van der Waals surface area contributed by atoms with Crippen molar-refractivity contribution in [1.82, 2.24) is 0 Å². The molecular formula is C17H24O4. The van der Waals surface area contributed by atoms with Crippen molar-refractivity contribution in [3.05, 3.63) is 29.3 Å². The van der Waals surface area contributed by atoms with E-state index in [1.54, 1.807) is 7.11 Å². The lowest BCUT2D eigenvalue weighted by Gasteiger charge is -2.32. The zero-order valence-corrected chi connectivity index (χ0v) is 13.0. The summed E-state index contributed by atoms with van der Waals surface area (Å²) in [6.07, 6.45) is 3.83. The van der Waals surface area contributed by atoms with Gasteiger partial charge < -0.3 is 14.6 Å². The molecule has 0 aliphatic heterocycles. The van der Waals surface area contributed by atoms with Crippen LogP contribution in [0, 0.1) is 5.92 Å². The number of hydrogen-bond acceptors (Lipinski definition) is 4. The minimum absolute atomic E-state index is 0.332. The summed E-state index contributed by atoms with van der Waals surface area (Å²) in [6, 6.07) is 5.72. The van der Waals surface area contributed by atoms with Crippen LogP contribution in [0.2, 0.25) is 0 Å². The second-order valence-electron chi connectivity index (χ2n) is 5.67. The number of methoxy groups -OCH3 is 2. The van der Waals surface area contributed by atoms with Crippen LogP contribution in [0.15, 0.2) is 18.2 Å². The molecule has 0 radical (unpaired) electrons. The maximum absolute atomic E-state index is 12.2. The summed E-state index contributed by atoms with van der Waals surface area (Å²) in [4.78, 5) is 12.2. The van der Waals surface area contributed by atoms with Crippen molar-refractivity contribution < 1.29 is 19.4 Å². The molecule has 1 aliphatic rings. The first-order valence-corrected chi connectivity index (χ1v) is 7.54. The Morgan fingerprint density at radius 3 is 2.81 bits per heavy atom. The molecule has 2 atom stereocenters. The van der Waals surface area contributed by atoms with E-state index in [0.717, 1.165) is 30.4 Å². The van der Waals surface area contributed by atoms with Crippen LogP contribution >= 0.6 is 0 Å². The molecule has 1 N–H and O–H groups in total. The van der Waals surface area contributed by atoms with Gasteiger partial charge in [0, 0.05) is 0 Å². The second-order valence-corrected chi connectivity index (χ2v) is 5.67. The first-order valence-electron chi connectivity index (χ1n) is 7.54. The molecule has 1 aromatic rings. The Morgan fingerprint density at radius 1 is 1.43 bits per heavy atom. The standard InChI is InChI=1S/C17H24O4/c1-4-5-6-14(16(18)21-3)17(19)10-9-12-7-8-13(20-2)11-15(12)17/h7-8,11,14,19H,4-6,9-10H2,1-3H3. The number of hydrogen-bond donors (Lipinski definition) is 1. The Labute approximate surface area is 126 Å². The summed E-state index contributed by atoms with van der Waals surface area (Å²) in [5, 5.41) is 11.2. The normalized spacial score (nSPS) is 21.7. The topological polar surface area (TPSA) is 55.8 Å². The highest BCUT2D eigenvalue weighted by Gasteiger charge is 2.47. The van der Waals surface area contributed by atoms with Crippen molar-refractivity contribution in [3.63, 3.8) is 0 Å². The molecule has 0 heterocycles. The summed E-state index contributed by atoms with van der Waals surface area (Å²) in [6.45, 7) is 2.07. The average Bonchev–Trinajstić information content (AvgIpc) is 2.85. The van der Waals surface area contributed by atoms with Gasteiger partial charge in [0.15, 0.2) is 0 Å². The highest BCUT2D eigenvalue weighted by Crippen LogP contribution is 2.45. The molecule has 21 heavy (non-hydrogen) atoms. The van der Waals surface area contributed by atoms with E-state index in [-0.39, 0.29) is 5.97 Å². The van der Waals surface area contributed by atoms with Crippen LogP contribution in [0.25, 0.3) is 0 Å². The molecule has 4 heteroatoms. The van der Waals surface area contributed by atoms with Crippen molar-refractivity contribution in [2.45, 2.75) is 44.6 Å². The Balaban J connectivity index is 2.39. The van der Waals surface area contributed by atoms with Crippen LogP contribution in [-0.4, -0.2) is 25.3 Å². The second kappa shape index (κ2) is 6.48. The van der Waals surface area contributed by atoms with Crippen LogP contribution in [0.4, 0.5) is 0 Å². The van der Waals surface area contributed by atoms with Crippen molar-refractivity contribution in [1.29, 1.82) is 0 Å². The fourth-order valence-electron chi connectivity index (χ4n) is 3.23. The van der Waals surface area contributed by atoms with E-state index in [1.165, 1.54) is 7.11 Å². The van der Waals surface area contributed by atoms with E-state index < -0.39 is 11.5 Å². The van der Waals surface area contributed by atoms with Gasteiger partial charge in [0.25, 0.3) is 0 Å². The average molecular weight is 292 g/mol. The van der Waals surface area contributed by atoms with E-state index in [4.69, 9.17) is 9.47 Å². The van der Waals surface area contributed by atoms with Gasteiger partial charge in [-0.1, -0.05) is 25.8 Å². The molecule has 1 aromatic carbocycles. The Kier molecular flexibility index (Phi) is 4.88. The largest absolute Gasteiger partial charge is 0.497 e. The van der Waals surface area contributed by atoms with Gasteiger partial charge in [-0.05, 0) is 42.5 Å². The SMILES string of the molecule is CCCCC(C(=O)OC)C1(O)CCc2ccc(OC)cc21. The van der Waals surface area contributed by atoms with Gasteiger partial charge in [0.2, 0.25) is 0 Å². The molecule has 0 saturated heterocycles. The smallest absolute Gasteiger partial charge is 0.311 e. The van der Waals surface area contributed by atoms with Gasteiger partial charge in [-0.15, -0.1) is 0 Å². The van der Waals surface area contributed by atoms with E-state index in [2.05, 4.69) is 6.92 Å². The third-order valence-corrected chi connectivity index (χ3v) is 4.47. The van der Waals surface area contributed by atoms with Crippen LogP contribution in [0.5, 0.6) is 5.75 Å². The highest BCUT2D eigenvalue weighted by atomic mass is 16.5. The number of esters is 1. The number of benzene rings is 1. The van der Waals surface area contributed by atoms with E-state index in [1.807, 2.05) is 18.2 Å². The summed E-state index contributed by atoms with van der Waals surface area (Å²) < 4.78 is 10.2. The summed E-state index contributed by atoms with van der Waals surface area (Å²) in [5.41, 5.74) is 0.753. The number of aryl methyl sites for hydroxylation is 1. The zero-order chi connectivity index (χ0) is 15.5. The summed E-state index contributed by atoms with van der Waals surface area (Å²) >= 11 is 0. The van der Waals surface area contributed by atoms with Crippen molar-refractivity contribution in [2.75, 3.05) is 14.2 Å². The Bertz CT molecular complexity index is 512. The zero-order valence-electron chi connectivity index (χ0n) is 13.0. The van der Waals surface area contributed by atoms with Crippen LogP contribution in [-0.2, 0) is 21.6 Å². The van der Waals surface area contributed by atoms with Crippen molar-refractivity contribution in [3.8, 4) is 5.75 Å². The molecular weight excluding hydrogens is 268 g/mol. The molecule has 0 saturated carbocycles. The van der Waals surface area contributed by atoms with Gasteiger partial charge in [-0.3, -0.25) is 4.79 Å². The fourth-order valence-corrected chi connectivity index (χ4v) is 3.23. The molecule has 4 nitrogen and oxygen atoms in total. The first-order chi connectivity index (χ1) is 10.1. The number of carbonyl (C=O) groups excluding carboxylic acids is 1. The number of rotatable bonds is 6. The van der Waals surface area contributed by atoms with Gasteiger partial charge >= 0.3 is 5.97 Å². The third-order valence-electron chi connectivity index (χ3n) is 4.47. The number of ether oxygens (including phenoxy) is 2. The Hall–Kier alpha value is -1.55. The van der Waals surface area contributed by atoms with E-state index in [0.29, 0.717) is 18.6 Å². The minimum Gasteiger partial charge on any atom is -0.497 e. The van der Waals surface area contributed by atoms with E-state index >= 15 is 0 Å². The van der Waals surface area contributed by atoms with Crippen LogP contribution < -0.4 is 4.74 Å². The van der Waals surface area contributed by atoms with Crippen molar-refractivity contribution >= 4 is 5.97 Å². The number of unbranched alkanes of at least 4 members (excludes halogenated alkanes) is 1. The minimum atomic E-state index is -1.15. The summed E-state index contributed by atoms with van der Waals surface area (Å²) in [5.74, 6) is -0.148. The fraction of sp³-hybridized carbons (Fsp3) is 0.588. The Morgan fingerprint density at radius 2 is 2.19 bits per heavy atom. The number of carbonyl (C=O) groups is 1. The molecule has 1 aliphatic carbocycles. The van der Waals surface area contributed by atoms with Gasteiger partial charge in [-0.2, -0.15) is 0 Å². The quantitative estimate of drug-likeness (QED) is 0.819. The lowest BCUT2D eigenvalue weighted by molar-refractivity contribution is -0.157. The molecule has 0 fully saturated rings. The van der Waals surface area contributed by atoms with Crippen LogP contribution in [0.3, 0.4) is 0 Å². The monoisotopic (exact) mass is 292 g/mol. The molecule has 0 spiro atoms. The predicted molar refractivity (Wildman–Crippen MR) is 80.2 cm³/mol. The maximum Gasteiger partial charge on any atom is 0.311 e. The predicted octanol–water partition coefficient (Wildman–Crippen LogP) is 2.81. The number of fused-ring (bicyclic) bond motifs is 1. The maximum atomic E-state index is 12.2. The van der Waals surface area contributed by atoms with Crippen molar-refractivity contribution in [2.24, 2.45) is 5.92 Å². The van der Waals surface area contributed by atoms with Crippen LogP contribution in [0.1, 0.15) is 43.7 Å². The molecule has 0 aromatic heterocycles. The molecule has 2 rings (SSSR count). The molecule has 0 amide bonds. The lowest BCUT2D eigenvalue weighted by atomic mass is 9.79. The molecule has 2 unspecified atom stereocenters. The third kappa shape index (κ3) is 2.91. The van der Waals surface area contributed by atoms with Gasteiger partial charge in [-0.25, -0.2) is 0 Å². The van der Waals surface area contributed by atoms with E-state index in [9.17, 15) is 9.90 Å². The van der Waals surface area contributed by atoms with Gasteiger partial charge in [0.1, 0.15) is 11.4 Å². The molecule has 116 valence electrons. The molecule has 0 bridgehead atoms. The van der Waals surface area contributed by atoms with Gasteiger partial charge in [0.05, 0.1) is 20.1 Å². The number of aliphatic hydroxyl groups is 1. The first kappa shape index (κ1) is 15.8. The lowest BCUT2D eigenvalue weighted by Crippen LogP contribution is -2.38. The summed E-state index contributed by atoms with van der Waals surface area (Å²) in [7, 11) is 2.98.